The highest BCUT2D eigenvalue weighted by Crippen LogP contribution is 2.05. The topological polar surface area (TPSA) is 88.3 Å². The Morgan fingerprint density at radius 2 is 2.10 bits per heavy atom. The van der Waals surface area contributed by atoms with Crippen LogP contribution in [0.15, 0.2) is 35.4 Å². The molecule has 2 aromatic rings. The standard InChI is InChI=1S/C13H14N4O3/c1-16(2)11-5-12(18)17(15-7-11)8-10-4-3-9(6-14-10)13(19)20/h3-7H,8H2,1-2H3,(H,19,20). The Hall–Kier alpha value is -2.70. The summed E-state index contributed by atoms with van der Waals surface area (Å²) >= 11 is 0. The zero-order valence-corrected chi connectivity index (χ0v) is 11.1. The summed E-state index contributed by atoms with van der Waals surface area (Å²) < 4.78 is 1.27. The Labute approximate surface area is 115 Å². The highest BCUT2D eigenvalue weighted by atomic mass is 16.4. The molecule has 7 nitrogen and oxygen atoms in total. The second kappa shape index (κ2) is 5.52. The molecule has 0 aliphatic rings. The van der Waals surface area contributed by atoms with Gasteiger partial charge in [-0.2, -0.15) is 5.10 Å². The normalized spacial score (nSPS) is 10.3. The number of hydrogen-bond acceptors (Lipinski definition) is 5. The van der Waals surface area contributed by atoms with Crippen molar-refractivity contribution in [2.45, 2.75) is 6.54 Å². The molecule has 0 saturated carbocycles. The highest BCUT2D eigenvalue weighted by molar-refractivity contribution is 5.87. The predicted molar refractivity (Wildman–Crippen MR) is 73.1 cm³/mol. The highest BCUT2D eigenvalue weighted by Gasteiger charge is 2.06. The van der Waals surface area contributed by atoms with Gasteiger partial charge in [0.05, 0.1) is 29.7 Å². The largest absolute Gasteiger partial charge is 0.478 e. The van der Waals surface area contributed by atoms with E-state index in [9.17, 15) is 9.59 Å². The molecule has 0 spiro atoms. The van der Waals surface area contributed by atoms with Crippen LogP contribution in [0, 0.1) is 0 Å². The number of carboxylic acid groups (broad SMARTS) is 1. The summed E-state index contributed by atoms with van der Waals surface area (Å²) in [5.74, 6) is -1.03. The summed E-state index contributed by atoms with van der Waals surface area (Å²) in [5.41, 5.74) is 1.17. The van der Waals surface area contributed by atoms with Gasteiger partial charge in [-0.1, -0.05) is 0 Å². The van der Waals surface area contributed by atoms with E-state index in [1.165, 1.54) is 23.0 Å². The lowest BCUT2D eigenvalue weighted by atomic mass is 10.2. The molecule has 0 fully saturated rings. The number of aromatic carboxylic acids is 1. The van der Waals surface area contributed by atoms with Crippen molar-refractivity contribution in [3.63, 3.8) is 0 Å². The van der Waals surface area contributed by atoms with E-state index < -0.39 is 5.97 Å². The minimum atomic E-state index is -1.03. The van der Waals surface area contributed by atoms with Crippen LogP contribution in [-0.2, 0) is 6.54 Å². The zero-order chi connectivity index (χ0) is 14.7. The summed E-state index contributed by atoms with van der Waals surface area (Å²) in [6.07, 6.45) is 2.85. The first kappa shape index (κ1) is 13.7. The smallest absolute Gasteiger partial charge is 0.337 e. The average molecular weight is 274 g/mol. The Bertz CT molecular complexity index is 677. The van der Waals surface area contributed by atoms with Crippen LogP contribution in [0.4, 0.5) is 5.69 Å². The van der Waals surface area contributed by atoms with Crippen molar-refractivity contribution < 1.29 is 9.90 Å². The van der Waals surface area contributed by atoms with Crippen LogP contribution in [0.25, 0.3) is 0 Å². The molecule has 2 heterocycles. The van der Waals surface area contributed by atoms with Gasteiger partial charge >= 0.3 is 5.97 Å². The van der Waals surface area contributed by atoms with Crippen molar-refractivity contribution in [3.8, 4) is 0 Å². The maximum Gasteiger partial charge on any atom is 0.337 e. The summed E-state index contributed by atoms with van der Waals surface area (Å²) in [4.78, 5) is 28.4. The third-order valence-corrected chi connectivity index (χ3v) is 2.75. The summed E-state index contributed by atoms with van der Waals surface area (Å²) in [6, 6.07) is 4.50. The van der Waals surface area contributed by atoms with E-state index in [2.05, 4.69) is 10.1 Å². The SMILES string of the molecule is CN(C)c1cnn(Cc2ccc(C(=O)O)cn2)c(=O)c1. The van der Waals surface area contributed by atoms with Crippen LogP contribution < -0.4 is 10.5 Å². The van der Waals surface area contributed by atoms with Gasteiger partial charge in [0.2, 0.25) is 0 Å². The van der Waals surface area contributed by atoms with Gasteiger partial charge < -0.3 is 10.0 Å². The van der Waals surface area contributed by atoms with Crippen molar-refractivity contribution in [1.82, 2.24) is 14.8 Å². The van der Waals surface area contributed by atoms with Crippen LogP contribution in [0.2, 0.25) is 0 Å². The molecule has 2 rings (SSSR count). The molecule has 1 N–H and O–H groups in total. The van der Waals surface area contributed by atoms with Crippen LogP contribution >= 0.6 is 0 Å². The van der Waals surface area contributed by atoms with Gasteiger partial charge in [0.25, 0.3) is 5.56 Å². The molecule has 7 heteroatoms. The number of nitrogens with zero attached hydrogens (tertiary/aromatic N) is 4. The molecule has 0 aromatic carbocycles. The Kier molecular flexibility index (Phi) is 3.79. The maximum absolute atomic E-state index is 11.9. The van der Waals surface area contributed by atoms with E-state index in [0.717, 1.165) is 5.69 Å². The third-order valence-electron chi connectivity index (χ3n) is 2.75. The Morgan fingerprint density at radius 1 is 1.35 bits per heavy atom. The number of pyridine rings is 1. The van der Waals surface area contributed by atoms with Crippen molar-refractivity contribution in [2.75, 3.05) is 19.0 Å². The van der Waals surface area contributed by atoms with E-state index in [1.54, 1.807) is 17.2 Å². The molecule has 20 heavy (non-hydrogen) atoms. The van der Waals surface area contributed by atoms with E-state index in [0.29, 0.717) is 5.69 Å². The van der Waals surface area contributed by atoms with E-state index in [4.69, 9.17) is 5.11 Å². The van der Waals surface area contributed by atoms with Gasteiger partial charge in [-0.25, -0.2) is 9.48 Å². The molecule has 0 radical (unpaired) electrons. The predicted octanol–water partition coefficient (Wildman–Crippen LogP) is 0.451. The lowest BCUT2D eigenvalue weighted by molar-refractivity contribution is 0.0696. The fourth-order valence-corrected chi connectivity index (χ4v) is 1.59. The van der Waals surface area contributed by atoms with Gasteiger partial charge in [0.1, 0.15) is 0 Å². The first-order valence-corrected chi connectivity index (χ1v) is 5.90. The second-order valence-corrected chi connectivity index (χ2v) is 4.45. The van der Waals surface area contributed by atoms with Crippen LogP contribution in [-0.4, -0.2) is 39.9 Å². The molecule has 0 bridgehead atoms. The Balaban J connectivity index is 2.22. The molecule has 0 amide bonds. The lowest BCUT2D eigenvalue weighted by Gasteiger charge is -2.12. The quantitative estimate of drug-likeness (QED) is 0.871. The average Bonchev–Trinajstić information content (AvgIpc) is 2.41. The first-order chi connectivity index (χ1) is 9.47. The van der Waals surface area contributed by atoms with Gasteiger partial charge in [0.15, 0.2) is 0 Å². The zero-order valence-electron chi connectivity index (χ0n) is 11.1. The lowest BCUT2D eigenvalue weighted by Crippen LogP contribution is -2.25. The molecular formula is C13H14N4O3. The van der Waals surface area contributed by atoms with E-state index in [1.807, 2.05) is 14.1 Å². The number of hydrogen-bond donors (Lipinski definition) is 1. The van der Waals surface area contributed by atoms with Gasteiger partial charge in [0, 0.05) is 26.4 Å². The Morgan fingerprint density at radius 3 is 2.60 bits per heavy atom. The van der Waals surface area contributed by atoms with Crippen molar-refractivity contribution in [2.24, 2.45) is 0 Å². The number of carboxylic acids is 1. The van der Waals surface area contributed by atoms with Gasteiger partial charge in [-0.15, -0.1) is 0 Å². The monoisotopic (exact) mass is 274 g/mol. The van der Waals surface area contributed by atoms with Crippen LogP contribution in [0.5, 0.6) is 0 Å². The number of anilines is 1. The molecule has 0 atom stereocenters. The fraction of sp³-hybridized carbons (Fsp3) is 0.231. The van der Waals surface area contributed by atoms with E-state index >= 15 is 0 Å². The minimum absolute atomic E-state index is 0.108. The first-order valence-electron chi connectivity index (χ1n) is 5.90. The number of rotatable bonds is 4. The summed E-state index contributed by atoms with van der Waals surface area (Å²) in [7, 11) is 3.65. The molecule has 0 aliphatic carbocycles. The molecular weight excluding hydrogens is 260 g/mol. The molecule has 104 valence electrons. The van der Waals surface area contributed by atoms with Gasteiger partial charge in [-0.05, 0) is 12.1 Å². The number of carbonyl (C=O) groups is 1. The van der Waals surface area contributed by atoms with Crippen molar-refractivity contribution in [1.29, 1.82) is 0 Å². The third kappa shape index (κ3) is 3.00. The molecule has 2 aromatic heterocycles. The van der Waals surface area contributed by atoms with Crippen molar-refractivity contribution >= 4 is 11.7 Å². The van der Waals surface area contributed by atoms with Crippen molar-refractivity contribution in [3.05, 3.63) is 52.2 Å². The molecule has 0 unspecified atom stereocenters. The molecule has 0 saturated heterocycles. The minimum Gasteiger partial charge on any atom is -0.478 e. The number of aromatic nitrogens is 3. The van der Waals surface area contributed by atoms with Crippen LogP contribution in [0.1, 0.15) is 16.1 Å². The van der Waals surface area contributed by atoms with Crippen LogP contribution in [0.3, 0.4) is 0 Å². The summed E-state index contributed by atoms with van der Waals surface area (Å²) in [5, 5.41) is 12.8. The fourth-order valence-electron chi connectivity index (χ4n) is 1.59. The van der Waals surface area contributed by atoms with E-state index in [-0.39, 0.29) is 17.7 Å². The summed E-state index contributed by atoms with van der Waals surface area (Å²) in [6.45, 7) is 0.201. The second-order valence-electron chi connectivity index (χ2n) is 4.45. The molecule has 0 aliphatic heterocycles. The maximum atomic E-state index is 11.9. The van der Waals surface area contributed by atoms with Gasteiger partial charge in [-0.3, -0.25) is 9.78 Å².